The summed E-state index contributed by atoms with van der Waals surface area (Å²) in [7, 11) is 2.04. The molecule has 0 bridgehead atoms. The van der Waals surface area contributed by atoms with Gasteiger partial charge in [0.05, 0.1) is 16.6 Å². The molecule has 0 spiro atoms. The zero-order valence-corrected chi connectivity index (χ0v) is 12.2. The van der Waals surface area contributed by atoms with Crippen molar-refractivity contribution in [2.75, 3.05) is 33.2 Å². The maximum absolute atomic E-state index is 12.6. The number of likely N-dealkylation sites (N-methyl/N-ethyl adjacent to an activating group) is 1. The smallest absolute Gasteiger partial charge is 0.255 e. The molecule has 19 heavy (non-hydrogen) atoms. The molecule has 0 aliphatic carbocycles. The number of aryl methyl sites for hydroxylation is 1. The topological polar surface area (TPSA) is 49.6 Å². The van der Waals surface area contributed by atoms with E-state index in [1.54, 1.807) is 6.07 Å². The number of benzene rings is 1. The van der Waals surface area contributed by atoms with Gasteiger partial charge >= 0.3 is 0 Å². The fourth-order valence-corrected chi connectivity index (χ4v) is 2.74. The van der Waals surface area contributed by atoms with Crippen LogP contribution in [0, 0.1) is 6.92 Å². The lowest BCUT2D eigenvalue weighted by molar-refractivity contribution is 0.0516. The van der Waals surface area contributed by atoms with Crippen molar-refractivity contribution in [2.24, 2.45) is 5.73 Å². The van der Waals surface area contributed by atoms with Crippen LogP contribution in [-0.4, -0.2) is 55.0 Å². The fourth-order valence-electron chi connectivity index (χ4n) is 2.43. The Hall–Kier alpha value is -1.10. The number of nitrogens with zero attached hydrogens (tertiary/aromatic N) is 2. The molecule has 2 rings (SSSR count). The van der Waals surface area contributed by atoms with Crippen LogP contribution in [-0.2, 0) is 0 Å². The number of hydrogen-bond donors (Lipinski definition) is 1. The first-order valence-corrected chi connectivity index (χ1v) is 6.86. The largest absolute Gasteiger partial charge is 0.332 e. The lowest BCUT2D eigenvalue weighted by Gasteiger charge is -2.39. The van der Waals surface area contributed by atoms with E-state index < -0.39 is 0 Å². The highest BCUT2D eigenvalue weighted by Gasteiger charge is 2.29. The van der Waals surface area contributed by atoms with Gasteiger partial charge in [-0.05, 0) is 31.7 Å². The Labute approximate surface area is 119 Å². The highest BCUT2D eigenvalue weighted by molar-refractivity contribution is 6.33. The SMILES string of the molecule is Cc1ccc(C(=O)N2CCN(C)CC2CN)c(Cl)c1. The fraction of sp³-hybridized carbons (Fsp3) is 0.500. The van der Waals surface area contributed by atoms with Crippen molar-refractivity contribution in [3.8, 4) is 0 Å². The van der Waals surface area contributed by atoms with Crippen molar-refractivity contribution in [3.63, 3.8) is 0 Å². The number of piperazine rings is 1. The molecule has 1 aromatic rings. The van der Waals surface area contributed by atoms with Crippen LogP contribution in [0.3, 0.4) is 0 Å². The highest BCUT2D eigenvalue weighted by atomic mass is 35.5. The molecule has 1 fully saturated rings. The summed E-state index contributed by atoms with van der Waals surface area (Å²) in [6, 6.07) is 5.59. The molecule has 0 radical (unpaired) electrons. The molecule has 1 atom stereocenters. The molecule has 1 aromatic carbocycles. The van der Waals surface area contributed by atoms with Crippen molar-refractivity contribution >= 4 is 17.5 Å². The Balaban J connectivity index is 2.22. The van der Waals surface area contributed by atoms with Gasteiger partial charge in [0.15, 0.2) is 0 Å². The number of rotatable bonds is 2. The summed E-state index contributed by atoms with van der Waals surface area (Å²) in [4.78, 5) is 16.6. The third-order valence-corrected chi connectivity index (χ3v) is 3.89. The molecule has 4 nitrogen and oxygen atoms in total. The minimum absolute atomic E-state index is 0.0199. The van der Waals surface area contributed by atoms with Crippen LogP contribution in [0.15, 0.2) is 18.2 Å². The van der Waals surface area contributed by atoms with Gasteiger partial charge in [0.25, 0.3) is 5.91 Å². The van der Waals surface area contributed by atoms with Crippen molar-refractivity contribution < 1.29 is 4.79 Å². The van der Waals surface area contributed by atoms with E-state index in [-0.39, 0.29) is 11.9 Å². The number of amides is 1. The van der Waals surface area contributed by atoms with Crippen molar-refractivity contribution in [3.05, 3.63) is 34.3 Å². The second-order valence-corrected chi connectivity index (χ2v) is 5.54. The number of carbonyl (C=O) groups is 1. The highest BCUT2D eigenvalue weighted by Crippen LogP contribution is 2.21. The second-order valence-electron chi connectivity index (χ2n) is 5.13. The zero-order valence-electron chi connectivity index (χ0n) is 11.4. The molecule has 1 amide bonds. The van der Waals surface area contributed by atoms with Crippen molar-refractivity contribution in [2.45, 2.75) is 13.0 Å². The van der Waals surface area contributed by atoms with Gasteiger partial charge in [-0.15, -0.1) is 0 Å². The summed E-state index contributed by atoms with van der Waals surface area (Å²) in [5.74, 6) is -0.0199. The normalized spacial score (nSPS) is 20.6. The molecular weight excluding hydrogens is 262 g/mol. The molecule has 0 aromatic heterocycles. The first-order valence-electron chi connectivity index (χ1n) is 6.48. The van der Waals surface area contributed by atoms with Gasteiger partial charge in [-0.2, -0.15) is 0 Å². The van der Waals surface area contributed by atoms with E-state index in [4.69, 9.17) is 17.3 Å². The number of carbonyl (C=O) groups excluding carboxylic acids is 1. The first-order chi connectivity index (χ1) is 9.02. The van der Waals surface area contributed by atoms with E-state index in [9.17, 15) is 4.79 Å². The van der Waals surface area contributed by atoms with Crippen LogP contribution in [0.1, 0.15) is 15.9 Å². The van der Waals surface area contributed by atoms with Gasteiger partial charge in [-0.3, -0.25) is 4.79 Å². The third kappa shape index (κ3) is 3.08. The molecule has 2 N–H and O–H groups in total. The monoisotopic (exact) mass is 281 g/mol. The van der Waals surface area contributed by atoms with E-state index in [1.807, 2.05) is 31.0 Å². The molecular formula is C14H20ClN3O. The average Bonchev–Trinajstić information content (AvgIpc) is 2.37. The lowest BCUT2D eigenvalue weighted by atomic mass is 10.1. The first kappa shape index (κ1) is 14.3. The summed E-state index contributed by atoms with van der Waals surface area (Å²) in [5, 5.41) is 0.514. The lowest BCUT2D eigenvalue weighted by Crippen LogP contribution is -2.56. The van der Waals surface area contributed by atoms with Crippen LogP contribution >= 0.6 is 11.6 Å². The molecule has 0 saturated carbocycles. The number of nitrogens with two attached hydrogens (primary N) is 1. The maximum atomic E-state index is 12.6. The maximum Gasteiger partial charge on any atom is 0.255 e. The van der Waals surface area contributed by atoms with E-state index in [1.165, 1.54) is 0 Å². The van der Waals surface area contributed by atoms with E-state index >= 15 is 0 Å². The van der Waals surface area contributed by atoms with Gasteiger partial charge in [0, 0.05) is 26.2 Å². The molecule has 1 unspecified atom stereocenters. The second kappa shape index (κ2) is 5.90. The van der Waals surface area contributed by atoms with Gasteiger partial charge in [-0.25, -0.2) is 0 Å². The number of halogens is 1. The van der Waals surface area contributed by atoms with Crippen LogP contribution < -0.4 is 5.73 Å². The predicted octanol–water partition coefficient (Wildman–Crippen LogP) is 1.36. The summed E-state index contributed by atoms with van der Waals surface area (Å²) in [5.41, 5.74) is 7.40. The van der Waals surface area contributed by atoms with E-state index in [0.29, 0.717) is 23.7 Å². The summed E-state index contributed by atoms with van der Waals surface area (Å²) < 4.78 is 0. The Morgan fingerprint density at radius 1 is 1.47 bits per heavy atom. The van der Waals surface area contributed by atoms with Crippen molar-refractivity contribution in [1.82, 2.24) is 9.80 Å². The zero-order chi connectivity index (χ0) is 14.0. The summed E-state index contributed by atoms with van der Waals surface area (Å²) >= 11 is 6.17. The predicted molar refractivity (Wildman–Crippen MR) is 77.6 cm³/mol. The average molecular weight is 282 g/mol. The number of hydrogen-bond acceptors (Lipinski definition) is 3. The molecule has 104 valence electrons. The Kier molecular flexibility index (Phi) is 4.45. The molecule has 1 aliphatic rings. The van der Waals surface area contributed by atoms with Crippen LogP contribution in [0.2, 0.25) is 5.02 Å². The van der Waals surface area contributed by atoms with Gasteiger partial charge in [0.2, 0.25) is 0 Å². The van der Waals surface area contributed by atoms with Gasteiger partial charge in [0.1, 0.15) is 0 Å². The quantitative estimate of drug-likeness (QED) is 0.891. The van der Waals surface area contributed by atoms with Crippen LogP contribution in [0.4, 0.5) is 0 Å². The summed E-state index contributed by atoms with van der Waals surface area (Å²) in [6.45, 7) is 4.80. The Morgan fingerprint density at radius 3 is 2.84 bits per heavy atom. The standard InChI is InChI=1S/C14H20ClN3O/c1-10-3-4-12(13(15)7-10)14(19)18-6-5-17(2)9-11(18)8-16/h3-4,7,11H,5-6,8-9,16H2,1-2H3. The van der Waals surface area contributed by atoms with Crippen LogP contribution in [0.25, 0.3) is 0 Å². The Morgan fingerprint density at radius 2 is 2.21 bits per heavy atom. The molecule has 1 saturated heterocycles. The summed E-state index contributed by atoms with van der Waals surface area (Å²) in [6.07, 6.45) is 0. The van der Waals surface area contributed by atoms with Gasteiger partial charge in [-0.1, -0.05) is 17.7 Å². The van der Waals surface area contributed by atoms with Crippen LogP contribution in [0.5, 0.6) is 0 Å². The Bertz CT molecular complexity index is 478. The minimum Gasteiger partial charge on any atom is -0.332 e. The molecule has 5 heteroatoms. The van der Waals surface area contributed by atoms with Crippen molar-refractivity contribution in [1.29, 1.82) is 0 Å². The minimum atomic E-state index is -0.0199. The third-order valence-electron chi connectivity index (χ3n) is 3.57. The molecule has 1 aliphatic heterocycles. The van der Waals surface area contributed by atoms with Gasteiger partial charge < -0.3 is 15.5 Å². The van der Waals surface area contributed by atoms with E-state index in [2.05, 4.69) is 4.90 Å². The molecule has 1 heterocycles. The van der Waals surface area contributed by atoms with E-state index in [0.717, 1.165) is 18.7 Å².